The molecule has 0 atom stereocenters. The molecule has 0 saturated heterocycles. The molecule has 0 bridgehead atoms. The minimum absolute atomic E-state index is 1.13. The summed E-state index contributed by atoms with van der Waals surface area (Å²) in [5, 5.41) is 0. The second kappa shape index (κ2) is 9.57. The molecular weight excluding hydrogens is 263 g/mol. The topological polar surface area (TPSA) is 0 Å². The molecule has 0 spiro atoms. The van der Waals surface area contributed by atoms with E-state index in [1.807, 2.05) is 20.8 Å². The summed E-state index contributed by atoms with van der Waals surface area (Å²) < 4.78 is 3.38. The van der Waals surface area contributed by atoms with Crippen LogP contribution in [-0.2, 0) is 0 Å². The van der Waals surface area contributed by atoms with Gasteiger partial charge in [0.25, 0.3) is 0 Å². The molecule has 0 aliphatic carbocycles. The Kier molecular flexibility index (Phi) is 9.18. The Hall–Kier alpha value is -0.521. The van der Waals surface area contributed by atoms with Crippen LogP contribution in [0.5, 0.6) is 0 Å². The van der Waals surface area contributed by atoms with Crippen LogP contribution in [0.4, 0.5) is 0 Å². The molecule has 0 aromatic rings. The quantitative estimate of drug-likeness (QED) is 0.549. The van der Waals surface area contributed by atoms with Crippen LogP contribution in [0.1, 0.15) is 20.8 Å². The van der Waals surface area contributed by atoms with Crippen LogP contribution in [0.25, 0.3) is 0 Å². The Morgan fingerprint density at radius 1 is 0.692 bits per heavy atom. The van der Waals surface area contributed by atoms with Crippen molar-refractivity contribution in [2.24, 2.45) is 0 Å². The Morgan fingerprint density at radius 2 is 1.00 bits per heavy atom. The zero-order valence-electron chi connectivity index (χ0n) is 8.70. The molecule has 0 unspecified atom stereocenters. The average Bonchev–Trinajstić information content (AvgIpc) is 2.17. The second-order valence-electron chi connectivity index (χ2n) is 2.76. The standard InChI is InChI=1S/3C4H5.Sn.H/c3*1-3-4-2;;/h3*1H2,2H3;;. The van der Waals surface area contributed by atoms with E-state index in [2.05, 4.69) is 35.5 Å². The molecule has 0 N–H and O–H groups in total. The first-order valence-corrected chi connectivity index (χ1v) is 11.5. The maximum absolute atomic E-state index is 3.17. The van der Waals surface area contributed by atoms with Crippen molar-refractivity contribution in [3.8, 4) is 35.5 Å². The van der Waals surface area contributed by atoms with Gasteiger partial charge in [0.1, 0.15) is 0 Å². The second-order valence-corrected chi connectivity index (χ2v) is 11.2. The average molecular weight is 279 g/mol. The molecule has 0 saturated carbocycles. The van der Waals surface area contributed by atoms with Gasteiger partial charge in [-0.2, -0.15) is 0 Å². The van der Waals surface area contributed by atoms with Crippen LogP contribution in [0, 0.1) is 35.5 Å². The van der Waals surface area contributed by atoms with Crippen molar-refractivity contribution >= 4 is 19.8 Å². The van der Waals surface area contributed by atoms with Crippen molar-refractivity contribution < 1.29 is 0 Å². The molecule has 68 valence electrons. The summed E-state index contributed by atoms with van der Waals surface area (Å²) in [6.07, 6.45) is 0. The van der Waals surface area contributed by atoms with Gasteiger partial charge in [0, 0.05) is 0 Å². The van der Waals surface area contributed by atoms with Gasteiger partial charge in [0.2, 0.25) is 0 Å². The van der Waals surface area contributed by atoms with Gasteiger partial charge < -0.3 is 0 Å². The summed E-state index contributed by atoms with van der Waals surface area (Å²) in [7, 11) is 0. The molecule has 0 amide bonds. The van der Waals surface area contributed by atoms with E-state index in [0.717, 1.165) is 13.3 Å². The van der Waals surface area contributed by atoms with Crippen LogP contribution in [0.15, 0.2) is 0 Å². The molecule has 0 aliphatic rings. The Balaban J connectivity index is 4.01. The molecule has 0 aliphatic heterocycles. The Morgan fingerprint density at radius 3 is 1.23 bits per heavy atom. The monoisotopic (exact) mass is 280 g/mol. The molecule has 0 aromatic heterocycles. The number of hydrogen-bond acceptors (Lipinski definition) is 0. The van der Waals surface area contributed by atoms with E-state index in [0.29, 0.717) is 0 Å². The molecule has 13 heavy (non-hydrogen) atoms. The van der Waals surface area contributed by atoms with Crippen LogP contribution < -0.4 is 0 Å². The first kappa shape index (κ1) is 12.5. The summed E-state index contributed by atoms with van der Waals surface area (Å²) >= 11 is -1.49. The Labute approximate surface area is 89.2 Å². The van der Waals surface area contributed by atoms with Crippen molar-refractivity contribution in [3.63, 3.8) is 0 Å². The molecule has 0 rings (SSSR count). The molecule has 0 radical (unpaired) electrons. The van der Waals surface area contributed by atoms with E-state index in [1.54, 1.807) is 0 Å². The van der Waals surface area contributed by atoms with E-state index < -0.39 is 19.8 Å². The summed E-state index contributed by atoms with van der Waals surface area (Å²) in [5.41, 5.74) is 0. The van der Waals surface area contributed by atoms with Crippen LogP contribution >= 0.6 is 0 Å². The summed E-state index contributed by atoms with van der Waals surface area (Å²) in [6.45, 7) is 5.71. The third kappa shape index (κ3) is 7.83. The number of hydrogen-bond donors (Lipinski definition) is 0. The third-order valence-corrected chi connectivity index (χ3v) is 8.39. The van der Waals surface area contributed by atoms with Crippen LogP contribution in [-0.4, -0.2) is 19.8 Å². The van der Waals surface area contributed by atoms with Gasteiger partial charge in [-0.05, 0) is 0 Å². The normalized spacial score (nSPS) is 7.38. The first-order chi connectivity index (χ1) is 6.35. The van der Waals surface area contributed by atoms with Crippen molar-refractivity contribution in [1.29, 1.82) is 0 Å². The first-order valence-electron chi connectivity index (χ1n) is 4.54. The van der Waals surface area contributed by atoms with Crippen molar-refractivity contribution in [2.75, 3.05) is 0 Å². The van der Waals surface area contributed by atoms with Gasteiger partial charge in [-0.25, -0.2) is 0 Å². The number of rotatable bonds is 3. The van der Waals surface area contributed by atoms with Gasteiger partial charge in [-0.1, -0.05) is 0 Å². The molecule has 0 heterocycles. The van der Waals surface area contributed by atoms with Crippen molar-refractivity contribution in [1.82, 2.24) is 0 Å². The summed E-state index contributed by atoms with van der Waals surface area (Å²) in [4.78, 5) is 0. The predicted molar refractivity (Wildman–Crippen MR) is 61.9 cm³/mol. The van der Waals surface area contributed by atoms with E-state index in [4.69, 9.17) is 0 Å². The fraction of sp³-hybridized carbons (Fsp3) is 0.500. The molecular formula is C12H16Sn. The van der Waals surface area contributed by atoms with Gasteiger partial charge in [-0.15, -0.1) is 0 Å². The SMILES string of the molecule is CC#C[CH2][SnH]([CH2]C#CC)[CH2]C#CC. The summed E-state index contributed by atoms with van der Waals surface area (Å²) in [5.74, 6) is 18.4. The fourth-order valence-electron chi connectivity index (χ4n) is 0.956. The predicted octanol–water partition coefficient (Wildman–Crippen LogP) is 2.28. The molecule has 0 fully saturated rings. The van der Waals surface area contributed by atoms with E-state index in [9.17, 15) is 0 Å². The maximum atomic E-state index is 3.17. The summed E-state index contributed by atoms with van der Waals surface area (Å²) in [6, 6.07) is 0. The molecule has 0 nitrogen and oxygen atoms in total. The van der Waals surface area contributed by atoms with Gasteiger partial charge in [0.15, 0.2) is 0 Å². The van der Waals surface area contributed by atoms with Gasteiger partial charge in [-0.3, -0.25) is 0 Å². The van der Waals surface area contributed by atoms with Gasteiger partial charge in [0.05, 0.1) is 0 Å². The zero-order chi connectivity index (χ0) is 9.94. The zero-order valence-corrected chi connectivity index (χ0v) is 12.0. The Bertz CT molecular complexity index is 243. The third-order valence-electron chi connectivity index (χ3n) is 1.70. The van der Waals surface area contributed by atoms with E-state index in [1.165, 1.54) is 0 Å². The minimum atomic E-state index is -1.49. The van der Waals surface area contributed by atoms with Crippen molar-refractivity contribution in [2.45, 2.75) is 34.1 Å². The van der Waals surface area contributed by atoms with Crippen molar-refractivity contribution in [3.05, 3.63) is 0 Å². The van der Waals surface area contributed by atoms with E-state index >= 15 is 0 Å². The van der Waals surface area contributed by atoms with Crippen LogP contribution in [0.2, 0.25) is 13.3 Å². The molecule has 0 aromatic carbocycles. The van der Waals surface area contributed by atoms with Crippen LogP contribution in [0.3, 0.4) is 0 Å². The fourth-order valence-corrected chi connectivity index (χ4v) is 6.41. The van der Waals surface area contributed by atoms with Gasteiger partial charge >= 0.3 is 89.4 Å². The molecule has 1 heteroatoms. The van der Waals surface area contributed by atoms with E-state index in [-0.39, 0.29) is 0 Å².